The number of hydrogen-bond acceptors (Lipinski definition) is 2. The van der Waals surface area contributed by atoms with Crippen LogP contribution >= 0.6 is 0 Å². The highest BCUT2D eigenvalue weighted by atomic mass is 16.5. The quantitative estimate of drug-likeness (QED) is 0.590. The van der Waals surface area contributed by atoms with Crippen LogP contribution in [0.1, 0.15) is 47.3 Å². The van der Waals surface area contributed by atoms with E-state index < -0.39 is 5.97 Å². The molecule has 3 heteroatoms. The minimum atomic E-state index is -0.917. The molecule has 0 bridgehead atoms. The van der Waals surface area contributed by atoms with Gasteiger partial charge in [-0.05, 0) is 66.1 Å². The number of carbonyl (C=O) groups is 1. The first-order valence-electron chi connectivity index (χ1n) is 10.2. The van der Waals surface area contributed by atoms with E-state index in [1.807, 2.05) is 24.3 Å². The van der Waals surface area contributed by atoms with Gasteiger partial charge < -0.3 is 9.84 Å². The fourth-order valence-corrected chi connectivity index (χ4v) is 4.11. The number of carboxylic acid groups (broad SMARTS) is 1. The van der Waals surface area contributed by atoms with Crippen LogP contribution in [0.2, 0.25) is 0 Å². The van der Waals surface area contributed by atoms with Gasteiger partial charge in [-0.15, -0.1) is 0 Å². The molecule has 29 heavy (non-hydrogen) atoms. The summed E-state index contributed by atoms with van der Waals surface area (Å²) in [5.74, 6) is -0.0544. The predicted molar refractivity (Wildman–Crippen MR) is 116 cm³/mol. The Balaban J connectivity index is 1.62. The van der Waals surface area contributed by atoms with Crippen molar-refractivity contribution in [1.82, 2.24) is 0 Å². The Morgan fingerprint density at radius 3 is 2.48 bits per heavy atom. The first-order chi connectivity index (χ1) is 14.0. The SMILES string of the molecule is CCc1ccc(C[C@@]2(C)CCc3ccc(-c4ccccc4C(=O)O)cc3O2)cc1. The highest BCUT2D eigenvalue weighted by Crippen LogP contribution is 2.38. The van der Waals surface area contributed by atoms with Gasteiger partial charge in [-0.3, -0.25) is 0 Å². The van der Waals surface area contributed by atoms with Crippen LogP contribution in [0.15, 0.2) is 66.7 Å². The number of aromatic carboxylic acids is 1. The number of hydrogen-bond donors (Lipinski definition) is 1. The van der Waals surface area contributed by atoms with Crippen molar-refractivity contribution in [3.05, 3.63) is 89.0 Å². The maximum absolute atomic E-state index is 11.6. The van der Waals surface area contributed by atoms with Crippen LogP contribution in [0.5, 0.6) is 5.75 Å². The van der Waals surface area contributed by atoms with Gasteiger partial charge in [0.05, 0.1) is 5.56 Å². The molecule has 0 unspecified atom stereocenters. The minimum absolute atomic E-state index is 0.272. The van der Waals surface area contributed by atoms with Crippen molar-refractivity contribution in [3.8, 4) is 16.9 Å². The Labute approximate surface area is 172 Å². The molecule has 1 atom stereocenters. The molecule has 0 saturated carbocycles. The molecule has 0 saturated heterocycles. The smallest absolute Gasteiger partial charge is 0.336 e. The molecule has 0 aliphatic carbocycles. The van der Waals surface area contributed by atoms with E-state index in [1.165, 1.54) is 16.7 Å². The van der Waals surface area contributed by atoms with Crippen LogP contribution in [0.25, 0.3) is 11.1 Å². The first-order valence-corrected chi connectivity index (χ1v) is 10.2. The molecule has 0 fully saturated rings. The third-order valence-electron chi connectivity index (χ3n) is 5.82. The summed E-state index contributed by atoms with van der Waals surface area (Å²) in [5, 5.41) is 9.52. The van der Waals surface area contributed by atoms with Gasteiger partial charge in [0.2, 0.25) is 0 Å². The molecule has 1 heterocycles. The first kappa shape index (κ1) is 19.3. The van der Waals surface area contributed by atoms with Gasteiger partial charge in [-0.25, -0.2) is 4.79 Å². The summed E-state index contributed by atoms with van der Waals surface area (Å²) in [6, 6.07) is 21.9. The summed E-state index contributed by atoms with van der Waals surface area (Å²) in [7, 11) is 0. The average molecular weight is 386 g/mol. The lowest BCUT2D eigenvalue weighted by Gasteiger charge is -2.36. The molecule has 1 aliphatic heterocycles. The average Bonchev–Trinajstić information content (AvgIpc) is 2.73. The Bertz CT molecular complexity index is 1040. The number of ether oxygens (including phenoxy) is 1. The van der Waals surface area contributed by atoms with Crippen molar-refractivity contribution in [2.75, 3.05) is 0 Å². The molecule has 4 rings (SSSR count). The Hall–Kier alpha value is -3.07. The number of carboxylic acids is 1. The fraction of sp³-hybridized carbons (Fsp3) is 0.269. The van der Waals surface area contributed by atoms with Gasteiger partial charge in [0.25, 0.3) is 0 Å². The topological polar surface area (TPSA) is 46.5 Å². The van der Waals surface area contributed by atoms with E-state index in [4.69, 9.17) is 4.74 Å². The third-order valence-corrected chi connectivity index (χ3v) is 5.82. The van der Waals surface area contributed by atoms with Crippen LogP contribution in [0.4, 0.5) is 0 Å². The van der Waals surface area contributed by atoms with E-state index >= 15 is 0 Å². The van der Waals surface area contributed by atoms with Crippen LogP contribution in [-0.4, -0.2) is 16.7 Å². The van der Waals surface area contributed by atoms with Crippen LogP contribution in [0.3, 0.4) is 0 Å². The van der Waals surface area contributed by atoms with E-state index in [0.29, 0.717) is 11.1 Å². The summed E-state index contributed by atoms with van der Waals surface area (Å²) < 4.78 is 6.50. The monoisotopic (exact) mass is 386 g/mol. The zero-order valence-corrected chi connectivity index (χ0v) is 16.9. The van der Waals surface area contributed by atoms with Gasteiger partial charge in [-0.2, -0.15) is 0 Å². The van der Waals surface area contributed by atoms with Gasteiger partial charge in [0.1, 0.15) is 11.4 Å². The Morgan fingerprint density at radius 2 is 1.76 bits per heavy atom. The van der Waals surface area contributed by atoms with E-state index in [2.05, 4.69) is 44.2 Å². The number of fused-ring (bicyclic) bond motifs is 1. The highest BCUT2D eigenvalue weighted by Gasteiger charge is 2.32. The van der Waals surface area contributed by atoms with E-state index in [9.17, 15) is 9.90 Å². The molecule has 148 valence electrons. The van der Waals surface area contributed by atoms with Crippen LogP contribution in [0, 0.1) is 0 Å². The summed E-state index contributed by atoms with van der Waals surface area (Å²) in [6.07, 6.45) is 3.81. The van der Waals surface area contributed by atoms with Gasteiger partial charge in [0.15, 0.2) is 0 Å². The molecule has 0 spiro atoms. The van der Waals surface area contributed by atoms with E-state index in [0.717, 1.165) is 37.0 Å². The maximum atomic E-state index is 11.6. The van der Waals surface area contributed by atoms with Crippen molar-refractivity contribution in [2.24, 2.45) is 0 Å². The van der Waals surface area contributed by atoms with Crippen LogP contribution in [-0.2, 0) is 19.3 Å². The molecular formula is C26H26O3. The second-order valence-electron chi connectivity index (χ2n) is 8.07. The standard InChI is InChI=1S/C26H26O3/c1-3-18-8-10-19(11-9-18)17-26(2)15-14-20-12-13-21(16-24(20)29-26)22-6-4-5-7-23(22)25(27)28/h4-13,16H,3,14-15,17H2,1-2H3,(H,27,28)/t26-/m1/s1. The van der Waals surface area contributed by atoms with E-state index in [-0.39, 0.29) is 5.60 Å². The molecular weight excluding hydrogens is 360 g/mol. The Morgan fingerprint density at radius 1 is 1.03 bits per heavy atom. The van der Waals surface area contributed by atoms with Gasteiger partial charge in [0, 0.05) is 6.42 Å². The molecule has 3 aromatic rings. The lowest BCUT2D eigenvalue weighted by molar-refractivity contribution is 0.0653. The van der Waals surface area contributed by atoms with Crippen LogP contribution < -0.4 is 4.74 Å². The van der Waals surface area contributed by atoms with E-state index in [1.54, 1.807) is 12.1 Å². The second-order valence-corrected chi connectivity index (χ2v) is 8.07. The molecule has 0 amide bonds. The Kier molecular flexibility index (Phi) is 5.14. The summed E-state index contributed by atoms with van der Waals surface area (Å²) in [5.41, 5.74) is 5.43. The molecule has 3 nitrogen and oxygen atoms in total. The zero-order valence-electron chi connectivity index (χ0n) is 16.9. The van der Waals surface area contributed by atoms with Crippen molar-refractivity contribution < 1.29 is 14.6 Å². The summed E-state index contributed by atoms with van der Waals surface area (Å²) in [6.45, 7) is 4.33. The number of rotatable bonds is 5. The number of aryl methyl sites for hydroxylation is 2. The lowest BCUT2D eigenvalue weighted by atomic mass is 9.86. The highest BCUT2D eigenvalue weighted by molar-refractivity contribution is 5.96. The van der Waals surface area contributed by atoms with Crippen molar-refractivity contribution in [1.29, 1.82) is 0 Å². The minimum Gasteiger partial charge on any atom is -0.487 e. The van der Waals surface area contributed by atoms with Gasteiger partial charge in [-0.1, -0.05) is 61.5 Å². The largest absolute Gasteiger partial charge is 0.487 e. The van der Waals surface area contributed by atoms with Crippen molar-refractivity contribution >= 4 is 5.97 Å². The lowest BCUT2D eigenvalue weighted by Crippen LogP contribution is -2.38. The molecule has 1 aliphatic rings. The summed E-state index contributed by atoms with van der Waals surface area (Å²) >= 11 is 0. The van der Waals surface area contributed by atoms with Crippen molar-refractivity contribution in [3.63, 3.8) is 0 Å². The third kappa shape index (κ3) is 4.04. The normalized spacial score (nSPS) is 18.0. The zero-order chi connectivity index (χ0) is 20.4. The fourth-order valence-electron chi connectivity index (χ4n) is 4.11. The molecule has 0 radical (unpaired) electrons. The predicted octanol–water partition coefficient (Wildman–Crippen LogP) is 5.94. The second kappa shape index (κ2) is 7.75. The molecule has 1 N–H and O–H groups in total. The summed E-state index contributed by atoms with van der Waals surface area (Å²) in [4.78, 5) is 11.6. The molecule has 3 aromatic carbocycles. The maximum Gasteiger partial charge on any atom is 0.336 e. The van der Waals surface area contributed by atoms with Gasteiger partial charge >= 0.3 is 5.97 Å². The molecule has 0 aromatic heterocycles. The van der Waals surface area contributed by atoms with Crippen molar-refractivity contribution in [2.45, 2.75) is 45.1 Å². The number of benzene rings is 3.